The zero-order valence-electron chi connectivity index (χ0n) is 7.75. The average Bonchev–Trinajstić information content (AvgIpc) is 2.18. The first-order valence-corrected chi connectivity index (χ1v) is 4.42. The van der Waals surface area contributed by atoms with Crippen LogP contribution in [0.2, 0.25) is 5.15 Å². The van der Waals surface area contributed by atoms with Crippen molar-refractivity contribution in [2.24, 2.45) is 0 Å². The first-order valence-electron chi connectivity index (χ1n) is 4.04. The highest BCUT2D eigenvalue weighted by Gasteiger charge is 2.22. The molecule has 1 heterocycles. The van der Waals surface area contributed by atoms with Crippen molar-refractivity contribution in [3.63, 3.8) is 0 Å². The second kappa shape index (κ2) is 4.86. The van der Waals surface area contributed by atoms with E-state index in [1.54, 1.807) is 0 Å². The van der Waals surface area contributed by atoms with E-state index in [9.17, 15) is 13.6 Å². The Balaban J connectivity index is 3.38. The van der Waals surface area contributed by atoms with E-state index in [-0.39, 0.29) is 5.56 Å². The van der Waals surface area contributed by atoms with Crippen LogP contribution in [0.15, 0.2) is 6.20 Å². The van der Waals surface area contributed by atoms with E-state index in [1.165, 1.54) is 6.07 Å². The Hall–Kier alpha value is -1.74. The van der Waals surface area contributed by atoms with Gasteiger partial charge in [0.25, 0.3) is 6.43 Å². The minimum Gasteiger partial charge on any atom is -0.481 e. The lowest BCUT2D eigenvalue weighted by Crippen LogP contribution is -2.06. The Kier molecular flexibility index (Phi) is 3.74. The molecule has 0 fully saturated rings. The Morgan fingerprint density at radius 3 is 2.75 bits per heavy atom. The lowest BCUT2D eigenvalue weighted by molar-refractivity contribution is -0.136. The van der Waals surface area contributed by atoms with Gasteiger partial charge in [-0.25, -0.2) is 13.8 Å². The Bertz CT molecular complexity index is 471. The summed E-state index contributed by atoms with van der Waals surface area (Å²) in [5, 5.41) is 16.8. The summed E-state index contributed by atoms with van der Waals surface area (Å²) in [4.78, 5) is 13.9. The van der Waals surface area contributed by atoms with Crippen LogP contribution in [0.5, 0.6) is 0 Å². The van der Waals surface area contributed by atoms with Gasteiger partial charge in [-0.3, -0.25) is 4.79 Å². The molecule has 0 saturated carbocycles. The van der Waals surface area contributed by atoms with Gasteiger partial charge in [0.05, 0.1) is 17.5 Å². The van der Waals surface area contributed by atoms with E-state index < -0.39 is 35.1 Å². The number of nitriles is 1. The number of halogens is 3. The highest BCUT2D eigenvalue weighted by molar-refractivity contribution is 6.30. The predicted molar refractivity (Wildman–Crippen MR) is 50.3 cm³/mol. The summed E-state index contributed by atoms with van der Waals surface area (Å²) in [7, 11) is 0. The standard InChI is InChI=1S/C9H5ClF2N2O2/c10-8-7(9(11)12)5(2-13)4(3-14-8)1-6(15)16/h3,9H,1H2,(H,15,16). The summed E-state index contributed by atoms with van der Waals surface area (Å²) in [6, 6.07) is 1.52. The monoisotopic (exact) mass is 246 g/mol. The summed E-state index contributed by atoms with van der Waals surface area (Å²) >= 11 is 5.42. The van der Waals surface area contributed by atoms with Crippen LogP contribution in [0.25, 0.3) is 0 Å². The Labute approximate surface area is 94.1 Å². The number of hydrogen-bond donors (Lipinski definition) is 1. The SMILES string of the molecule is N#Cc1c(CC(=O)O)cnc(Cl)c1C(F)F. The first-order chi connectivity index (χ1) is 7.47. The van der Waals surface area contributed by atoms with E-state index in [2.05, 4.69) is 4.98 Å². The zero-order chi connectivity index (χ0) is 12.3. The molecule has 0 unspecified atom stereocenters. The number of carbonyl (C=O) groups is 1. The van der Waals surface area contributed by atoms with Gasteiger partial charge in [-0.05, 0) is 5.56 Å². The normalized spacial score (nSPS) is 10.2. The molecule has 0 aromatic carbocycles. The van der Waals surface area contributed by atoms with Crippen molar-refractivity contribution in [3.8, 4) is 6.07 Å². The van der Waals surface area contributed by atoms with Gasteiger partial charge in [0.15, 0.2) is 0 Å². The molecule has 0 aliphatic carbocycles. The number of rotatable bonds is 3. The molecule has 0 spiro atoms. The highest BCUT2D eigenvalue weighted by Crippen LogP contribution is 2.30. The number of nitrogens with zero attached hydrogens (tertiary/aromatic N) is 2. The second-order valence-corrected chi connectivity index (χ2v) is 3.20. The molecule has 16 heavy (non-hydrogen) atoms. The first kappa shape index (κ1) is 12.3. The minimum absolute atomic E-state index is 0.0744. The maximum absolute atomic E-state index is 12.6. The second-order valence-electron chi connectivity index (χ2n) is 2.85. The van der Waals surface area contributed by atoms with Crippen molar-refractivity contribution in [2.45, 2.75) is 12.8 Å². The number of carboxylic acids is 1. The Morgan fingerprint density at radius 1 is 1.69 bits per heavy atom. The molecule has 0 aliphatic rings. The third kappa shape index (κ3) is 2.44. The van der Waals surface area contributed by atoms with Gasteiger partial charge < -0.3 is 5.11 Å². The van der Waals surface area contributed by atoms with Gasteiger partial charge in [0, 0.05) is 6.20 Å². The fourth-order valence-electron chi connectivity index (χ4n) is 1.17. The van der Waals surface area contributed by atoms with Gasteiger partial charge in [-0.2, -0.15) is 5.26 Å². The zero-order valence-corrected chi connectivity index (χ0v) is 8.50. The van der Waals surface area contributed by atoms with Crippen molar-refractivity contribution in [2.75, 3.05) is 0 Å². The summed E-state index contributed by atoms with van der Waals surface area (Å²) in [5.41, 5.74) is -1.21. The molecule has 0 atom stereocenters. The quantitative estimate of drug-likeness (QED) is 0.830. The largest absolute Gasteiger partial charge is 0.481 e. The average molecular weight is 247 g/mol. The van der Waals surface area contributed by atoms with Crippen molar-refractivity contribution in [3.05, 3.63) is 28.0 Å². The number of aromatic nitrogens is 1. The topological polar surface area (TPSA) is 74.0 Å². The van der Waals surface area contributed by atoms with Crippen molar-refractivity contribution >= 4 is 17.6 Å². The van der Waals surface area contributed by atoms with Crippen LogP contribution in [-0.2, 0) is 11.2 Å². The van der Waals surface area contributed by atoms with E-state index in [1.807, 2.05) is 0 Å². The number of alkyl halides is 2. The van der Waals surface area contributed by atoms with Crippen LogP contribution in [0.3, 0.4) is 0 Å². The predicted octanol–water partition coefficient (Wildman–Crippen LogP) is 2.17. The Morgan fingerprint density at radius 2 is 2.31 bits per heavy atom. The van der Waals surface area contributed by atoms with Gasteiger partial charge in [-0.15, -0.1) is 0 Å². The fraction of sp³-hybridized carbons (Fsp3) is 0.222. The summed E-state index contributed by atoms with van der Waals surface area (Å²) in [6.45, 7) is 0. The van der Waals surface area contributed by atoms with Crippen LogP contribution in [0.1, 0.15) is 23.1 Å². The molecule has 0 aliphatic heterocycles. The molecule has 1 aromatic rings. The van der Waals surface area contributed by atoms with Crippen LogP contribution in [0, 0.1) is 11.3 Å². The minimum atomic E-state index is -2.97. The summed E-state index contributed by atoms with van der Waals surface area (Å²) in [6.07, 6.45) is -2.50. The molecule has 0 radical (unpaired) electrons. The molecule has 1 rings (SSSR count). The number of carboxylic acid groups (broad SMARTS) is 1. The molecule has 4 nitrogen and oxygen atoms in total. The molecular weight excluding hydrogens is 242 g/mol. The summed E-state index contributed by atoms with van der Waals surface area (Å²) in [5.74, 6) is -1.24. The van der Waals surface area contributed by atoms with Gasteiger partial charge in [0.2, 0.25) is 0 Å². The fourth-order valence-corrected chi connectivity index (χ4v) is 1.40. The van der Waals surface area contributed by atoms with Gasteiger partial charge in [0.1, 0.15) is 11.2 Å². The van der Waals surface area contributed by atoms with Gasteiger partial charge in [-0.1, -0.05) is 11.6 Å². The van der Waals surface area contributed by atoms with Crippen LogP contribution >= 0.6 is 11.6 Å². The van der Waals surface area contributed by atoms with Crippen molar-refractivity contribution in [1.29, 1.82) is 5.26 Å². The van der Waals surface area contributed by atoms with Gasteiger partial charge >= 0.3 is 5.97 Å². The molecule has 7 heteroatoms. The lowest BCUT2D eigenvalue weighted by Gasteiger charge is -2.08. The molecule has 0 amide bonds. The molecule has 0 saturated heterocycles. The molecule has 84 valence electrons. The smallest absolute Gasteiger partial charge is 0.307 e. The van der Waals surface area contributed by atoms with Crippen LogP contribution in [-0.4, -0.2) is 16.1 Å². The van der Waals surface area contributed by atoms with Crippen molar-refractivity contribution < 1.29 is 18.7 Å². The number of pyridine rings is 1. The lowest BCUT2D eigenvalue weighted by atomic mass is 10.0. The third-order valence-corrected chi connectivity index (χ3v) is 2.12. The van der Waals surface area contributed by atoms with E-state index in [4.69, 9.17) is 22.0 Å². The molecule has 1 N–H and O–H groups in total. The van der Waals surface area contributed by atoms with Crippen LogP contribution in [0.4, 0.5) is 8.78 Å². The molecular formula is C9H5ClF2N2O2. The maximum atomic E-state index is 12.6. The summed E-state index contributed by atoms with van der Waals surface area (Å²) < 4.78 is 25.1. The molecule has 0 bridgehead atoms. The van der Waals surface area contributed by atoms with E-state index in [0.29, 0.717) is 0 Å². The number of aliphatic carboxylic acids is 1. The third-order valence-electron chi connectivity index (χ3n) is 1.82. The van der Waals surface area contributed by atoms with E-state index in [0.717, 1.165) is 6.20 Å². The van der Waals surface area contributed by atoms with Crippen LogP contribution < -0.4 is 0 Å². The van der Waals surface area contributed by atoms with Crippen molar-refractivity contribution in [1.82, 2.24) is 4.98 Å². The van der Waals surface area contributed by atoms with E-state index >= 15 is 0 Å². The number of hydrogen-bond acceptors (Lipinski definition) is 3. The maximum Gasteiger partial charge on any atom is 0.307 e. The highest BCUT2D eigenvalue weighted by atomic mass is 35.5. The molecule has 1 aromatic heterocycles.